The lowest BCUT2D eigenvalue weighted by molar-refractivity contribution is 0.692. The van der Waals surface area contributed by atoms with Crippen molar-refractivity contribution in [1.29, 1.82) is 0 Å². The van der Waals surface area contributed by atoms with Crippen LogP contribution in [-0.4, -0.2) is 22.3 Å². The second kappa shape index (κ2) is 6.49. The van der Waals surface area contributed by atoms with Crippen LogP contribution >= 0.6 is 11.8 Å². The summed E-state index contributed by atoms with van der Waals surface area (Å²) >= 11 is 2.04. The number of nitrogens with zero attached hydrogens (tertiary/aromatic N) is 1. The van der Waals surface area contributed by atoms with Gasteiger partial charge in [-0.25, -0.2) is 0 Å². The molecule has 0 aliphatic heterocycles. The third-order valence-corrected chi connectivity index (χ3v) is 3.90. The van der Waals surface area contributed by atoms with E-state index in [0.717, 1.165) is 0 Å². The molecule has 0 bridgehead atoms. The highest BCUT2D eigenvalue weighted by molar-refractivity contribution is 8.01. The van der Waals surface area contributed by atoms with Gasteiger partial charge in [-0.2, -0.15) is 0 Å². The van der Waals surface area contributed by atoms with Gasteiger partial charge >= 0.3 is 0 Å². The molecule has 0 saturated carbocycles. The summed E-state index contributed by atoms with van der Waals surface area (Å²) in [4.78, 5) is 4.55. The molecular formula is C12H25NS. The standard InChI is InChI=1S/C12H25NS/c1-7-12(8-2,14-11(5)6)9-13-10(3)4/h9-11H,7-8H2,1-6H3. The van der Waals surface area contributed by atoms with Crippen molar-refractivity contribution < 1.29 is 0 Å². The van der Waals surface area contributed by atoms with E-state index < -0.39 is 0 Å². The Kier molecular flexibility index (Phi) is 6.50. The molecule has 2 heteroatoms. The van der Waals surface area contributed by atoms with Gasteiger partial charge in [-0.3, -0.25) is 4.99 Å². The monoisotopic (exact) mass is 215 g/mol. The van der Waals surface area contributed by atoms with Gasteiger partial charge in [0.05, 0.1) is 4.75 Å². The van der Waals surface area contributed by atoms with E-state index in [9.17, 15) is 0 Å². The molecule has 0 aromatic rings. The van der Waals surface area contributed by atoms with Crippen LogP contribution in [0.2, 0.25) is 0 Å². The lowest BCUT2D eigenvalue weighted by Crippen LogP contribution is -2.27. The number of hydrogen-bond acceptors (Lipinski definition) is 2. The van der Waals surface area contributed by atoms with Crippen molar-refractivity contribution in [2.75, 3.05) is 0 Å². The quantitative estimate of drug-likeness (QED) is 0.606. The van der Waals surface area contributed by atoms with Crippen LogP contribution in [0.1, 0.15) is 54.4 Å². The Hall–Kier alpha value is 0.0200. The van der Waals surface area contributed by atoms with Crippen LogP contribution in [0, 0.1) is 0 Å². The molecule has 1 nitrogen and oxygen atoms in total. The molecule has 0 amide bonds. The van der Waals surface area contributed by atoms with Gasteiger partial charge < -0.3 is 0 Å². The molecular weight excluding hydrogens is 190 g/mol. The minimum absolute atomic E-state index is 0.262. The molecule has 0 saturated heterocycles. The first-order valence-electron chi connectivity index (χ1n) is 5.68. The molecule has 0 aromatic carbocycles. The lowest BCUT2D eigenvalue weighted by atomic mass is 10.0. The zero-order valence-corrected chi connectivity index (χ0v) is 11.3. The first-order valence-corrected chi connectivity index (χ1v) is 6.56. The minimum atomic E-state index is 0.262. The number of aliphatic imine (C=N–C) groups is 1. The summed E-state index contributed by atoms with van der Waals surface area (Å²) in [5.74, 6) is 0. The zero-order chi connectivity index (χ0) is 11.2. The maximum absolute atomic E-state index is 4.55. The highest BCUT2D eigenvalue weighted by atomic mass is 32.2. The summed E-state index contributed by atoms with van der Waals surface area (Å²) in [5.41, 5.74) is 0. The van der Waals surface area contributed by atoms with Crippen LogP contribution in [0.15, 0.2) is 4.99 Å². The Balaban J connectivity index is 4.52. The molecule has 0 radical (unpaired) electrons. The van der Waals surface area contributed by atoms with E-state index in [0.29, 0.717) is 11.3 Å². The summed E-state index contributed by atoms with van der Waals surface area (Å²) in [6, 6.07) is 0.417. The van der Waals surface area contributed by atoms with Crippen molar-refractivity contribution in [3.05, 3.63) is 0 Å². The second-order valence-corrected chi connectivity index (χ2v) is 6.30. The van der Waals surface area contributed by atoms with Gasteiger partial charge in [0.1, 0.15) is 0 Å². The van der Waals surface area contributed by atoms with Crippen molar-refractivity contribution in [3.63, 3.8) is 0 Å². The lowest BCUT2D eigenvalue weighted by Gasteiger charge is -2.28. The van der Waals surface area contributed by atoms with E-state index >= 15 is 0 Å². The molecule has 0 N–H and O–H groups in total. The van der Waals surface area contributed by atoms with E-state index in [4.69, 9.17) is 0 Å². The summed E-state index contributed by atoms with van der Waals surface area (Å²) in [7, 11) is 0. The summed E-state index contributed by atoms with van der Waals surface area (Å²) in [5, 5.41) is 0.675. The second-order valence-electron chi connectivity index (χ2n) is 4.31. The fourth-order valence-corrected chi connectivity index (χ4v) is 2.78. The van der Waals surface area contributed by atoms with E-state index in [-0.39, 0.29) is 4.75 Å². The largest absolute Gasteiger partial charge is 0.293 e. The van der Waals surface area contributed by atoms with Gasteiger partial charge in [-0.05, 0) is 31.9 Å². The predicted molar refractivity (Wildman–Crippen MR) is 69.7 cm³/mol. The average molecular weight is 215 g/mol. The fourth-order valence-electron chi connectivity index (χ4n) is 1.38. The maximum atomic E-state index is 4.55. The van der Waals surface area contributed by atoms with Crippen molar-refractivity contribution >= 4 is 18.0 Å². The van der Waals surface area contributed by atoms with Gasteiger partial charge in [0.15, 0.2) is 0 Å². The minimum Gasteiger partial charge on any atom is -0.293 e. The first-order chi connectivity index (χ1) is 6.45. The normalized spacial score (nSPS) is 13.4. The van der Waals surface area contributed by atoms with Crippen LogP contribution in [-0.2, 0) is 0 Å². The summed E-state index contributed by atoms with van der Waals surface area (Å²) < 4.78 is 0.262. The Morgan fingerprint density at radius 3 is 1.93 bits per heavy atom. The molecule has 0 aliphatic carbocycles. The molecule has 84 valence electrons. The highest BCUT2D eigenvalue weighted by Gasteiger charge is 2.25. The first kappa shape index (κ1) is 14.0. The predicted octanol–water partition coefficient (Wildman–Crippen LogP) is 4.17. The maximum Gasteiger partial charge on any atom is 0.0504 e. The molecule has 0 aromatic heterocycles. The highest BCUT2D eigenvalue weighted by Crippen LogP contribution is 2.34. The molecule has 14 heavy (non-hydrogen) atoms. The molecule has 0 unspecified atom stereocenters. The van der Waals surface area contributed by atoms with E-state index in [1.807, 2.05) is 11.8 Å². The van der Waals surface area contributed by atoms with E-state index in [1.165, 1.54) is 12.8 Å². The van der Waals surface area contributed by atoms with Crippen molar-refractivity contribution in [2.24, 2.45) is 4.99 Å². The Morgan fingerprint density at radius 2 is 1.64 bits per heavy atom. The van der Waals surface area contributed by atoms with Crippen molar-refractivity contribution in [1.82, 2.24) is 0 Å². The van der Waals surface area contributed by atoms with Gasteiger partial charge in [0.25, 0.3) is 0 Å². The Labute approximate surface area is 93.8 Å². The van der Waals surface area contributed by atoms with Gasteiger partial charge in [0.2, 0.25) is 0 Å². The van der Waals surface area contributed by atoms with Crippen LogP contribution in [0.3, 0.4) is 0 Å². The molecule has 0 aliphatic rings. The van der Waals surface area contributed by atoms with Crippen LogP contribution in [0.25, 0.3) is 0 Å². The topological polar surface area (TPSA) is 12.4 Å². The van der Waals surface area contributed by atoms with E-state index in [2.05, 4.69) is 52.7 Å². The van der Waals surface area contributed by atoms with Gasteiger partial charge in [0, 0.05) is 12.3 Å². The Bertz CT molecular complexity index is 169. The van der Waals surface area contributed by atoms with Gasteiger partial charge in [-0.1, -0.05) is 27.7 Å². The van der Waals surface area contributed by atoms with Crippen molar-refractivity contribution in [3.8, 4) is 0 Å². The van der Waals surface area contributed by atoms with Crippen LogP contribution < -0.4 is 0 Å². The summed E-state index contributed by atoms with van der Waals surface area (Å²) in [6.07, 6.45) is 4.52. The van der Waals surface area contributed by atoms with Crippen LogP contribution in [0.5, 0.6) is 0 Å². The number of thioether (sulfide) groups is 1. The fraction of sp³-hybridized carbons (Fsp3) is 0.917. The zero-order valence-electron chi connectivity index (χ0n) is 10.5. The number of hydrogen-bond donors (Lipinski definition) is 0. The smallest absolute Gasteiger partial charge is 0.0504 e. The number of rotatable bonds is 6. The van der Waals surface area contributed by atoms with Crippen molar-refractivity contribution in [2.45, 2.75) is 70.4 Å². The Morgan fingerprint density at radius 1 is 1.14 bits per heavy atom. The molecule has 0 fully saturated rings. The summed E-state index contributed by atoms with van der Waals surface area (Å²) in [6.45, 7) is 13.3. The third-order valence-electron chi connectivity index (χ3n) is 2.28. The average Bonchev–Trinajstić information content (AvgIpc) is 2.11. The molecule has 0 heterocycles. The molecule has 0 atom stereocenters. The van der Waals surface area contributed by atoms with Gasteiger partial charge in [-0.15, -0.1) is 11.8 Å². The van der Waals surface area contributed by atoms with E-state index in [1.54, 1.807) is 0 Å². The SMILES string of the molecule is CCC(C=NC(C)C)(CC)SC(C)C. The molecule has 0 spiro atoms. The van der Waals surface area contributed by atoms with Crippen LogP contribution in [0.4, 0.5) is 0 Å². The third kappa shape index (κ3) is 5.04. The molecule has 0 rings (SSSR count).